The summed E-state index contributed by atoms with van der Waals surface area (Å²) in [5, 5.41) is 0. The summed E-state index contributed by atoms with van der Waals surface area (Å²) >= 11 is 1.58. The van der Waals surface area contributed by atoms with Gasteiger partial charge in [-0.1, -0.05) is 37.3 Å². The van der Waals surface area contributed by atoms with Gasteiger partial charge in [0.15, 0.2) is 43.1 Å². The van der Waals surface area contributed by atoms with E-state index in [-0.39, 0.29) is 17.9 Å². The average molecular weight is 899 g/mol. The predicted octanol–water partition coefficient (Wildman–Crippen LogP) is 4.10. The van der Waals surface area contributed by atoms with E-state index < -0.39 is 116 Å². The van der Waals surface area contributed by atoms with Crippen molar-refractivity contribution in [2.75, 3.05) is 31.3 Å². The molecule has 3 rings (SSSR count). The molecule has 2 saturated heterocycles. The van der Waals surface area contributed by atoms with Crippen LogP contribution in [0, 0.1) is 17.3 Å². The van der Waals surface area contributed by atoms with Gasteiger partial charge in [0.2, 0.25) is 0 Å². The Balaban J connectivity index is 1.94. The molecule has 2 aliphatic heterocycles. The molecular weight excluding hydrogens is 837 g/mol. The molecule has 0 radical (unpaired) electrons. The summed E-state index contributed by atoms with van der Waals surface area (Å²) in [5.74, 6) is -4.08. The summed E-state index contributed by atoms with van der Waals surface area (Å²) in [6.45, 7) is 23.6. The number of thioether (sulfide) groups is 1. The summed E-state index contributed by atoms with van der Waals surface area (Å²) in [4.78, 5) is 86.5. The van der Waals surface area contributed by atoms with Crippen LogP contribution in [-0.2, 0) is 85.7 Å². The molecule has 0 spiro atoms. The highest BCUT2D eigenvalue weighted by Crippen LogP contribution is 2.49. The third-order valence-electron chi connectivity index (χ3n) is 10.7. The molecule has 19 heteroatoms. The van der Waals surface area contributed by atoms with Crippen molar-refractivity contribution in [2.24, 2.45) is 17.3 Å². The Morgan fingerprint density at radius 3 is 1.58 bits per heavy atom. The Morgan fingerprint density at radius 2 is 1.10 bits per heavy atom. The molecule has 0 N–H and O–H groups in total. The van der Waals surface area contributed by atoms with E-state index in [1.807, 2.05) is 13.0 Å². The maximum absolute atomic E-state index is 12.7. The molecule has 0 amide bonds. The van der Waals surface area contributed by atoms with E-state index in [9.17, 15) is 33.6 Å². The smallest absolute Gasteiger partial charge is 0.303 e. The quantitative estimate of drug-likeness (QED) is 0.0727. The van der Waals surface area contributed by atoms with Gasteiger partial charge in [-0.3, -0.25) is 33.6 Å². The van der Waals surface area contributed by atoms with Crippen molar-refractivity contribution in [1.29, 1.82) is 0 Å². The molecule has 348 valence electrons. The monoisotopic (exact) mass is 898 g/mol. The number of hydrogen-bond acceptors (Lipinski definition) is 19. The molecular formula is C43H62O18S. The van der Waals surface area contributed by atoms with Crippen LogP contribution in [0.25, 0.3) is 0 Å². The Morgan fingerprint density at radius 1 is 0.645 bits per heavy atom. The van der Waals surface area contributed by atoms with Crippen LogP contribution in [0.2, 0.25) is 0 Å². The van der Waals surface area contributed by atoms with Crippen molar-refractivity contribution in [2.45, 2.75) is 143 Å². The highest BCUT2D eigenvalue weighted by molar-refractivity contribution is 7.99. The minimum atomic E-state index is -1.79. The number of hydrogen-bond donors (Lipinski definition) is 0. The minimum Gasteiger partial charge on any atom is -0.463 e. The summed E-state index contributed by atoms with van der Waals surface area (Å²) < 4.78 is 63.3. The number of rotatable bonds is 20. The van der Waals surface area contributed by atoms with Gasteiger partial charge in [-0.05, 0) is 43.4 Å². The van der Waals surface area contributed by atoms with Crippen molar-refractivity contribution in [3.8, 4) is 0 Å². The van der Waals surface area contributed by atoms with E-state index in [0.29, 0.717) is 17.4 Å². The molecule has 18 nitrogen and oxygen atoms in total. The standard InChI is InChI=1S/C43H62O18S/c1-13-43(12)15-14-31(18-32(43)22(2)3)23(4)21-62-17-16-51-41-39(57-29(10)49)38(56-28(9)48)36(34(59-41)20-53-25(6)45)61-42-40(58-30(11)50)37(55-27(8)47)35(54-26(7)46)33(60-42)19-52-24(5)44/h13,31-42H,1-2,4,14-21H2,3,5-12H3/t31?,32?,33-,34-,35+,36-,37+,38+,39-,40-,41+,42+,43?/m0/s1. The third-order valence-corrected chi connectivity index (χ3v) is 11.7. The summed E-state index contributed by atoms with van der Waals surface area (Å²) in [6.07, 6.45) is -10.5. The fraction of sp³-hybridized carbons (Fsp3) is 0.698. The average Bonchev–Trinajstić information content (AvgIpc) is 3.16. The lowest BCUT2D eigenvalue weighted by molar-refractivity contribution is -0.360. The first-order chi connectivity index (χ1) is 29.1. The molecule has 2 heterocycles. The van der Waals surface area contributed by atoms with Gasteiger partial charge in [0.05, 0.1) is 6.61 Å². The van der Waals surface area contributed by atoms with Gasteiger partial charge in [0.25, 0.3) is 0 Å². The molecule has 3 fully saturated rings. The molecule has 13 atom stereocenters. The van der Waals surface area contributed by atoms with E-state index in [1.165, 1.54) is 0 Å². The fourth-order valence-electron chi connectivity index (χ4n) is 7.86. The fourth-order valence-corrected chi connectivity index (χ4v) is 8.72. The van der Waals surface area contributed by atoms with Gasteiger partial charge in [-0.2, -0.15) is 11.8 Å². The first kappa shape index (κ1) is 52.0. The van der Waals surface area contributed by atoms with Crippen LogP contribution in [0.4, 0.5) is 0 Å². The van der Waals surface area contributed by atoms with Crippen LogP contribution < -0.4 is 0 Å². The maximum Gasteiger partial charge on any atom is 0.303 e. The van der Waals surface area contributed by atoms with Crippen LogP contribution in [0.15, 0.2) is 37.0 Å². The van der Waals surface area contributed by atoms with Crippen molar-refractivity contribution in [1.82, 2.24) is 0 Å². The molecule has 1 saturated carbocycles. The van der Waals surface area contributed by atoms with Gasteiger partial charge in [-0.15, -0.1) is 6.58 Å². The maximum atomic E-state index is 12.7. The molecule has 0 aromatic carbocycles. The van der Waals surface area contributed by atoms with Crippen molar-refractivity contribution in [3.05, 3.63) is 37.0 Å². The van der Waals surface area contributed by atoms with Crippen molar-refractivity contribution in [3.63, 3.8) is 0 Å². The molecule has 62 heavy (non-hydrogen) atoms. The second kappa shape index (κ2) is 24.0. The number of ether oxygens (including phenoxy) is 11. The van der Waals surface area contributed by atoms with E-state index in [1.54, 1.807) is 11.8 Å². The first-order valence-electron chi connectivity index (χ1n) is 20.3. The highest BCUT2D eigenvalue weighted by atomic mass is 32.2. The zero-order valence-electron chi connectivity index (χ0n) is 37.0. The minimum absolute atomic E-state index is 0.0227. The third kappa shape index (κ3) is 15.2. The molecule has 0 aromatic heterocycles. The lowest BCUT2D eigenvalue weighted by Gasteiger charge is -2.48. The van der Waals surface area contributed by atoms with Gasteiger partial charge >= 0.3 is 41.8 Å². The lowest BCUT2D eigenvalue weighted by atomic mass is 9.61. The molecule has 3 unspecified atom stereocenters. The number of allylic oxidation sites excluding steroid dienone is 2. The second-order valence-corrected chi connectivity index (χ2v) is 16.9. The number of carbonyl (C=O) groups excluding carboxylic acids is 7. The van der Waals surface area contributed by atoms with Crippen molar-refractivity contribution >= 4 is 53.5 Å². The van der Waals surface area contributed by atoms with E-state index in [4.69, 9.17) is 52.1 Å². The number of carbonyl (C=O) groups is 7. The second-order valence-electron chi connectivity index (χ2n) is 15.8. The normalized spacial score (nSPS) is 31.9. The van der Waals surface area contributed by atoms with Gasteiger partial charge < -0.3 is 52.1 Å². The van der Waals surface area contributed by atoms with E-state index in [0.717, 1.165) is 78.9 Å². The van der Waals surface area contributed by atoms with Gasteiger partial charge in [-0.25, -0.2) is 0 Å². The highest BCUT2D eigenvalue weighted by Gasteiger charge is 2.57. The zero-order chi connectivity index (χ0) is 46.5. The summed E-state index contributed by atoms with van der Waals surface area (Å²) in [6, 6.07) is 0. The first-order valence-corrected chi connectivity index (χ1v) is 21.5. The molecule has 0 aromatic rings. The van der Waals surface area contributed by atoms with Crippen LogP contribution in [0.5, 0.6) is 0 Å². The summed E-state index contributed by atoms with van der Waals surface area (Å²) in [7, 11) is 0. The van der Waals surface area contributed by atoms with Crippen LogP contribution in [0.3, 0.4) is 0 Å². The molecule has 0 bridgehead atoms. The SMILES string of the molecule is C=CC1(C)CCC(C(=C)CSCCO[C@@H]2O[C@@H](COC(C)=O)[C@H](O[C@H]3O[C@@H](COC(C)=O)[C@@H](OC(C)=O)[C@@H](OC(C)=O)[C@@H]3OC(C)=O)[C@@H](OC(C)=O)[C@@H]2OC(C)=O)CC1C(=C)C. The van der Waals surface area contributed by atoms with Crippen LogP contribution in [-0.4, -0.2) is 135 Å². The van der Waals surface area contributed by atoms with Crippen LogP contribution in [0.1, 0.15) is 81.6 Å². The van der Waals surface area contributed by atoms with Crippen molar-refractivity contribution < 1.29 is 85.7 Å². The Bertz CT molecular complexity index is 1660. The Hall–Kier alpha value is -4.30. The number of esters is 7. The Kier molecular flexibility index (Phi) is 20.1. The Labute approximate surface area is 366 Å². The molecule has 3 aliphatic rings. The van der Waals surface area contributed by atoms with E-state index in [2.05, 4.69) is 26.7 Å². The van der Waals surface area contributed by atoms with Gasteiger partial charge in [0, 0.05) is 60.0 Å². The topological polar surface area (TPSA) is 221 Å². The van der Waals surface area contributed by atoms with Gasteiger partial charge in [0.1, 0.15) is 31.5 Å². The molecule has 1 aliphatic carbocycles. The van der Waals surface area contributed by atoms with E-state index >= 15 is 0 Å². The zero-order valence-corrected chi connectivity index (χ0v) is 37.9. The largest absolute Gasteiger partial charge is 0.463 e. The predicted molar refractivity (Wildman–Crippen MR) is 220 cm³/mol. The van der Waals surface area contributed by atoms with Crippen LogP contribution >= 0.6 is 11.8 Å². The summed E-state index contributed by atoms with van der Waals surface area (Å²) in [5.41, 5.74) is 2.19. The lowest BCUT2D eigenvalue weighted by Crippen LogP contribution is -2.67.